The van der Waals surface area contributed by atoms with Crippen molar-refractivity contribution in [3.8, 4) is 5.69 Å². The number of carbonyl (C=O) groups excluding carboxylic acids is 1. The number of carbonyl (C=O) groups is 1. The van der Waals surface area contributed by atoms with Crippen molar-refractivity contribution in [3.05, 3.63) is 76.4 Å². The fourth-order valence-electron chi connectivity index (χ4n) is 2.79. The molecular weight excluding hydrogens is 364 g/mol. The lowest BCUT2D eigenvalue weighted by Crippen LogP contribution is -2.17. The minimum atomic E-state index is -0.264. The van der Waals surface area contributed by atoms with Gasteiger partial charge in [-0.1, -0.05) is 29.3 Å². The molecule has 1 aliphatic heterocycles. The van der Waals surface area contributed by atoms with Crippen LogP contribution in [-0.4, -0.2) is 34.7 Å². The Kier molecular flexibility index (Phi) is 4.64. The van der Waals surface area contributed by atoms with Gasteiger partial charge in [0, 0.05) is 10.6 Å². The molecule has 0 bridgehead atoms. The Balaban J connectivity index is 1.74. The Hall–Kier alpha value is -3.12. The molecule has 4 rings (SSSR count). The molecule has 7 heteroatoms. The first kappa shape index (κ1) is 17.3. The molecule has 1 N–H and O–H groups in total. The first-order valence-electron chi connectivity index (χ1n) is 8.51. The first-order chi connectivity index (χ1) is 13.1. The predicted octanol–water partition coefficient (Wildman–Crippen LogP) is 3.86. The minimum Gasteiger partial charge on any atom is -0.475 e. The van der Waals surface area contributed by atoms with Crippen LogP contribution in [0.15, 0.2) is 59.7 Å². The Bertz CT molecular complexity index is 1010. The monoisotopic (exact) mass is 380 g/mol. The summed E-state index contributed by atoms with van der Waals surface area (Å²) >= 11 is 5.91. The summed E-state index contributed by atoms with van der Waals surface area (Å²) in [6.45, 7) is 3.13. The fraction of sp³-hybridized carbons (Fsp3) is 0.150. The highest BCUT2D eigenvalue weighted by Crippen LogP contribution is 2.24. The van der Waals surface area contributed by atoms with Gasteiger partial charge in [-0.15, -0.1) is 0 Å². The van der Waals surface area contributed by atoms with E-state index < -0.39 is 0 Å². The number of ether oxygens (including phenoxy) is 1. The number of aliphatic imine (C=N–C) groups is 1. The molecule has 0 radical (unpaired) electrons. The van der Waals surface area contributed by atoms with E-state index in [1.807, 2.05) is 31.2 Å². The highest BCUT2D eigenvalue weighted by molar-refractivity contribution is 6.30. The molecule has 0 saturated heterocycles. The second kappa shape index (κ2) is 7.25. The van der Waals surface area contributed by atoms with Gasteiger partial charge >= 0.3 is 0 Å². The lowest BCUT2D eigenvalue weighted by molar-refractivity contribution is 0.102. The Morgan fingerprint density at radius 2 is 1.89 bits per heavy atom. The van der Waals surface area contributed by atoms with E-state index in [2.05, 4.69) is 15.4 Å². The quantitative estimate of drug-likeness (QED) is 0.747. The SMILES string of the molecule is Cc1ccc(-n2ncc(C3=NCCO3)c2NC(=O)c2ccc(Cl)cc2)cc1. The molecule has 0 atom stereocenters. The molecule has 136 valence electrons. The van der Waals surface area contributed by atoms with Crippen LogP contribution in [-0.2, 0) is 4.74 Å². The van der Waals surface area contributed by atoms with Crippen LogP contribution in [0.5, 0.6) is 0 Å². The van der Waals surface area contributed by atoms with Gasteiger partial charge in [-0.2, -0.15) is 5.10 Å². The number of halogens is 1. The molecule has 1 amide bonds. The zero-order chi connectivity index (χ0) is 18.8. The van der Waals surface area contributed by atoms with Crippen LogP contribution < -0.4 is 5.32 Å². The average Bonchev–Trinajstić information content (AvgIpc) is 3.33. The van der Waals surface area contributed by atoms with Crippen LogP contribution in [0.4, 0.5) is 5.82 Å². The summed E-state index contributed by atoms with van der Waals surface area (Å²) in [5, 5.41) is 7.96. The van der Waals surface area contributed by atoms with Crippen molar-refractivity contribution in [1.82, 2.24) is 9.78 Å². The third kappa shape index (κ3) is 3.57. The summed E-state index contributed by atoms with van der Waals surface area (Å²) in [5.74, 6) is 0.736. The molecule has 2 aromatic carbocycles. The number of rotatable bonds is 4. The first-order valence-corrected chi connectivity index (χ1v) is 8.89. The number of nitrogens with zero attached hydrogens (tertiary/aromatic N) is 3. The number of nitrogens with one attached hydrogen (secondary N) is 1. The number of aromatic nitrogens is 2. The lowest BCUT2D eigenvalue weighted by atomic mass is 10.2. The molecular formula is C20H17ClN4O2. The van der Waals surface area contributed by atoms with Gasteiger partial charge in [0.25, 0.3) is 5.91 Å². The third-order valence-electron chi connectivity index (χ3n) is 4.20. The molecule has 6 nitrogen and oxygen atoms in total. The standard InChI is InChI=1S/C20H17ClN4O2/c1-13-2-8-16(9-3-13)25-18(17(12-23-25)20-22-10-11-27-20)24-19(26)14-4-6-15(21)7-5-14/h2-9,12H,10-11H2,1H3,(H,24,26). The maximum Gasteiger partial charge on any atom is 0.256 e. The van der Waals surface area contributed by atoms with Crippen LogP contribution in [0.25, 0.3) is 5.69 Å². The Labute approximate surface area is 161 Å². The summed E-state index contributed by atoms with van der Waals surface area (Å²) in [7, 11) is 0. The second-order valence-corrected chi connectivity index (χ2v) is 6.59. The molecule has 1 aliphatic rings. The van der Waals surface area contributed by atoms with Crippen molar-refractivity contribution in [2.45, 2.75) is 6.92 Å². The zero-order valence-electron chi connectivity index (χ0n) is 14.6. The van der Waals surface area contributed by atoms with Crippen molar-refractivity contribution >= 4 is 29.2 Å². The molecule has 0 spiro atoms. The summed E-state index contributed by atoms with van der Waals surface area (Å²) in [6.07, 6.45) is 1.65. The Morgan fingerprint density at radius 3 is 2.56 bits per heavy atom. The second-order valence-electron chi connectivity index (χ2n) is 6.15. The van der Waals surface area contributed by atoms with E-state index in [1.165, 1.54) is 0 Å². The maximum absolute atomic E-state index is 12.8. The highest BCUT2D eigenvalue weighted by Gasteiger charge is 2.22. The van der Waals surface area contributed by atoms with Crippen molar-refractivity contribution in [2.75, 3.05) is 18.5 Å². The minimum absolute atomic E-state index is 0.264. The summed E-state index contributed by atoms with van der Waals surface area (Å²) in [6, 6.07) is 14.6. The van der Waals surface area contributed by atoms with Crippen molar-refractivity contribution < 1.29 is 9.53 Å². The van der Waals surface area contributed by atoms with Gasteiger partial charge in [-0.3, -0.25) is 4.79 Å². The molecule has 3 aromatic rings. The number of aryl methyl sites for hydroxylation is 1. The summed E-state index contributed by atoms with van der Waals surface area (Å²) in [4.78, 5) is 17.1. The number of anilines is 1. The van der Waals surface area contributed by atoms with E-state index in [0.29, 0.717) is 41.0 Å². The van der Waals surface area contributed by atoms with Crippen LogP contribution >= 0.6 is 11.6 Å². The fourth-order valence-corrected chi connectivity index (χ4v) is 2.91. The molecule has 2 heterocycles. The van der Waals surface area contributed by atoms with Gasteiger partial charge in [0.05, 0.1) is 24.0 Å². The molecule has 0 aliphatic carbocycles. The topological polar surface area (TPSA) is 68.5 Å². The highest BCUT2D eigenvalue weighted by atomic mass is 35.5. The normalized spacial score (nSPS) is 13.2. The maximum atomic E-state index is 12.8. The molecule has 0 unspecified atom stereocenters. The van der Waals surface area contributed by atoms with Crippen LogP contribution in [0.2, 0.25) is 5.02 Å². The van der Waals surface area contributed by atoms with Gasteiger partial charge in [-0.05, 0) is 43.3 Å². The summed E-state index contributed by atoms with van der Waals surface area (Å²) < 4.78 is 7.25. The van der Waals surface area contributed by atoms with Gasteiger partial charge < -0.3 is 10.1 Å². The largest absolute Gasteiger partial charge is 0.475 e. The molecule has 27 heavy (non-hydrogen) atoms. The summed E-state index contributed by atoms with van der Waals surface area (Å²) in [5.41, 5.74) is 3.12. The van der Waals surface area contributed by atoms with Crippen molar-refractivity contribution in [1.29, 1.82) is 0 Å². The van der Waals surface area contributed by atoms with E-state index in [0.717, 1.165) is 11.3 Å². The lowest BCUT2D eigenvalue weighted by Gasteiger charge is -2.12. The van der Waals surface area contributed by atoms with E-state index in [4.69, 9.17) is 16.3 Å². The Morgan fingerprint density at radius 1 is 1.15 bits per heavy atom. The van der Waals surface area contributed by atoms with Crippen LogP contribution in [0, 0.1) is 6.92 Å². The van der Waals surface area contributed by atoms with Gasteiger partial charge in [0.15, 0.2) is 0 Å². The van der Waals surface area contributed by atoms with Gasteiger partial charge in [-0.25, -0.2) is 9.67 Å². The number of hydrogen-bond acceptors (Lipinski definition) is 4. The third-order valence-corrected chi connectivity index (χ3v) is 4.45. The van der Waals surface area contributed by atoms with E-state index in [-0.39, 0.29) is 5.91 Å². The van der Waals surface area contributed by atoms with E-state index in [9.17, 15) is 4.79 Å². The predicted molar refractivity (Wildman–Crippen MR) is 105 cm³/mol. The number of amides is 1. The number of benzene rings is 2. The molecule has 0 saturated carbocycles. The zero-order valence-corrected chi connectivity index (χ0v) is 15.4. The molecule has 0 fully saturated rings. The van der Waals surface area contributed by atoms with Gasteiger partial charge in [0.2, 0.25) is 5.90 Å². The van der Waals surface area contributed by atoms with Crippen LogP contribution in [0.3, 0.4) is 0 Å². The molecule has 1 aromatic heterocycles. The van der Waals surface area contributed by atoms with E-state index in [1.54, 1.807) is 35.1 Å². The van der Waals surface area contributed by atoms with Crippen molar-refractivity contribution in [3.63, 3.8) is 0 Å². The van der Waals surface area contributed by atoms with Crippen molar-refractivity contribution in [2.24, 2.45) is 4.99 Å². The number of hydrogen-bond donors (Lipinski definition) is 1. The smallest absolute Gasteiger partial charge is 0.256 e. The van der Waals surface area contributed by atoms with E-state index >= 15 is 0 Å². The average molecular weight is 381 g/mol. The van der Waals surface area contributed by atoms with Crippen LogP contribution in [0.1, 0.15) is 21.5 Å². The van der Waals surface area contributed by atoms with Gasteiger partial charge in [0.1, 0.15) is 12.4 Å².